The lowest BCUT2D eigenvalue weighted by Crippen LogP contribution is -2.50. The minimum atomic E-state index is -0.238. The normalized spacial score (nSPS) is 31.3. The van der Waals surface area contributed by atoms with Crippen molar-refractivity contribution in [2.24, 2.45) is 0 Å². The zero-order chi connectivity index (χ0) is 14.7. The van der Waals surface area contributed by atoms with Crippen LogP contribution in [0.2, 0.25) is 0 Å². The summed E-state index contributed by atoms with van der Waals surface area (Å²) in [6.45, 7) is 8.96. The standard InChI is InChI=1S/C16H30N2O3/c1-3-18-8-9-19-15(13-18)12-17(2)14-4-6-16(7-5-14)20-10-11-21-16/h14-15H,3-13H2,1-2H3. The first-order chi connectivity index (χ1) is 10.2. The molecule has 2 aliphatic heterocycles. The average molecular weight is 298 g/mol. The van der Waals surface area contributed by atoms with Crippen molar-refractivity contribution >= 4 is 0 Å². The first-order valence-corrected chi connectivity index (χ1v) is 8.53. The molecule has 0 bridgehead atoms. The van der Waals surface area contributed by atoms with Crippen LogP contribution in [0, 0.1) is 0 Å². The number of rotatable bonds is 4. The van der Waals surface area contributed by atoms with Gasteiger partial charge in [-0.05, 0) is 26.4 Å². The Bertz CT molecular complexity index is 323. The van der Waals surface area contributed by atoms with Gasteiger partial charge in [-0.1, -0.05) is 6.92 Å². The molecule has 122 valence electrons. The number of hydrogen-bond acceptors (Lipinski definition) is 5. The quantitative estimate of drug-likeness (QED) is 0.782. The van der Waals surface area contributed by atoms with E-state index in [1.165, 1.54) is 12.8 Å². The zero-order valence-corrected chi connectivity index (χ0v) is 13.6. The van der Waals surface area contributed by atoms with Crippen LogP contribution in [0.3, 0.4) is 0 Å². The number of hydrogen-bond donors (Lipinski definition) is 0. The van der Waals surface area contributed by atoms with E-state index in [1.807, 2.05) is 0 Å². The molecule has 0 N–H and O–H groups in total. The summed E-state index contributed by atoms with van der Waals surface area (Å²) in [5.74, 6) is -0.238. The molecule has 21 heavy (non-hydrogen) atoms. The zero-order valence-electron chi connectivity index (χ0n) is 13.6. The van der Waals surface area contributed by atoms with Gasteiger partial charge in [-0.2, -0.15) is 0 Å². The molecule has 3 fully saturated rings. The van der Waals surface area contributed by atoms with E-state index in [1.54, 1.807) is 0 Å². The lowest BCUT2D eigenvalue weighted by molar-refractivity contribution is -0.184. The van der Waals surface area contributed by atoms with Gasteiger partial charge in [-0.15, -0.1) is 0 Å². The van der Waals surface area contributed by atoms with Crippen LogP contribution in [0.4, 0.5) is 0 Å². The summed E-state index contributed by atoms with van der Waals surface area (Å²) in [6.07, 6.45) is 4.77. The Balaban J connectivity index is 1.44. The molecule has 1 aliphatic carbocycles. The lowest BCUT2D eigenvalue weighted by Gasteiger charge is -2.41. The van der Waals surface area contributed by atoms with Crippen LogP contribution >= 0.6 is 0 Å². The molecule has 2 heterocycles. The Morgan fingerprint density at radius 2 is 1.86 bits per heavy atom. The predicted molar refractivity (Wildman–Crippen MR) is 81.4 cm³/mol. The van der Waals surface area contributed by atoms with Crippen LogP contribution in [0.25, 0.3) is 0 Å². The van der Waals surface area contributed by atoms with Gasteiger partial charge < -0.3 is 19.1 Å². The number of morpholine rings is 1. The summed E-state index contributed by atoms with van der Waals surface area (Å²) >= 11 is 0. The summed E-state index contributed by atoms with van der Waals surface area (Å²) in [4.78, 5) is 4.98. The molecule has 5 nitrogen and oxygen atoms in total. The van der Waals surface area contributed by atoms with Crippen molar-refractivity contribution in [2.75, 3.05) is 53.0 Å². The molecule has 1 spiro atoms. The highest BCUT2D eigenvalue weighted by atomic mass is 16.7. The molecule has 0 radical (unpaired) electrons. The predicted octanol–water partition coefficient (Wildman–Crippen LogP) is 1.32. The molecule has 0 aromatic rings. The van der Waals surface area contributed by atoms with Crippen molar-refractivity contribution < 1.29 is 14.2 Å². The Morgan fingerprint density at radius 3 is 2.52 bits per heavy atom. The maximum atomic E-state index is 5.93. The van der Waals surface area contributed by atoms with Crippen LogP contribution < -0.4 is 0 Å². The van der Waals surface area contributed by atoms with E-state index >= 15 is 0 Å². The van der Waals surface area contributed by atoms with E-state index in [-0.39, 0.29) is 5.79 Å². The highest BCUT2D eigenvalue weighted by Gasteiger charge is 2.41. The van der Waals surface area contributed by atoms with Gasteiger partial charge in [0.2, 0.25) is 0 Å². The molecule has 3 rings (SSSR count). The highest BCUT2D eigenvalue weighted by Crippen LogP contribution is 2.37. The fraction of sp³-hybridized carbons (Fsp3) is 1.00. The SMILES string of the molecule is CCN1CCOC(CN(C)C2CCC3(CC2)OCCO3)C1. The molecule has 0 aromatic heterocycles. The van der Waals surface area contributed by atoms with E-state index in [0.29, 0.717) is 12.1 Å². The summed E-state index contributed by atoms with van der Waals surface area (Å²) in [5.41, 5.74) is 0. The van der Waals surface area contributed by atoms with Crippen LogP contribution in [0.5, 0.6) is 0 Å². The third kappa shape index (κ3) is 3.77. The van der Waals surface area contributed by atoms with Crippen LogP contribution in [0.1, 0.15) is 32.6 Å². The molecule has 3 aliphatic rings. The van der Waals surface area contributed by atoms with E-state index in [0.717, 1.165) is 58.8 Å². The Labute approximate surface area is 128 Å². The second-order valence-electron chi connectivity index (χ2n) is 6.66. The van der Waals surface area contributed by atoms with Gasteiger partial charge >= 0.3 is 0 Å². The summed E-state index contributed by atoms with van der Waals surface area (Å²) in [7, 11) is 2.24. The van der Waals surface area contributed by atoms with E-state index in [4.69, 9.17) is 14.2 Å². The van der Waals surface area contributed by atoms with Gasteiger partial charge in [0.15, 0.2) is 5.79 Å². The average Bonchev–Trinajstić information content (AvgIpc) is 2.96. The summed E-state index contributed by atoms with van der Waals surface area (Å²) in [6, 6.07) is 0.643. The van der Waals surface area contributed by atoms with Crippen molar-refractivity contribution in [2.45, 2.75) is 50.5 Å². The number of ether oxygens (including phenoxy) is 3. The maximum absolute atomic E-state index is 5.93. The monoisotopic (exact) mass is 298 g/mol. The van der Waals surface area contributed by atoms with Crippen molar-refractivity contribution in [3.8, 4) is 0 Å². The van der Waals surface area contributed by atoms with Gasteiger partial charge in [-0.3, -0.25) is 4.90 Å². The first-order valence-electron chi connectivity index (χ1n) is 8.53. The van der Waals surface area contributed by atoms with Crippen molar-refractivity contribution in [1.82, 2.24) is 9.80 Å². The number of likely N-dealkylation sites (N-methyl/N-ethyl adjacent to an activating group) is 2. The molecule has 0 aromatic carbocycles. The minimum absolute atomic E-state index is 0.238. The number of nitrogens with zero attached hydrogens (tertiary/aromatic N) is 2. The molecule has 1 saturated carbocycles. The minimum Gasteiger partial charge on any atom is -0.374 e. The molecule has 0 amide bonds. The van der Waals surface area contributed by atoms with Crippen LogP contribution in [-0.2, 0) is 14.2 Å². The smallest absolute Gasteiger partial charge is 0.168 e. The van der Waals surface area contributed by atoms with Crippen molar-refractivity contribution in [3.63, 3.8) is 0 Å². The fourth-order valence-electron chi connectivity index (χ4n) is 3.92. The summed E-state index contributed by atoms with van der Waals surface area (Å²) in [5, 5.41) is 0. The molecular formula is C16H30N2O3. The Morgan fingerprint density at radius 1 is 1.14 bits per heavy atom. The second kappa shape index (κ2) is 6.92. The molecule has 2 saturated heterocycles. The van der Waals surface area contributed by atoms with Gasteiger partial charge in [0.1, 0.15) is 0 Å². The largest absolute Gasteiger partial charge is 0.374 e. The highest BCUT2D eigenvalue weighted by molar-refractivity contribution is 4.87. The van der Waals surface area contributed by atoms with E-state index < -0.39 is 0 Å². The maximum Gasteiger partial charge on any atom is 0.168 e. The van der Waals surface area contributed by atoms with Gasteiger partial charge in [0, 0.05) is 38.5 Å². The Hall–Kier alpha value is -0.200. The van der Waals surface area contributed by atoms with Gasteiger partial charge in [0.25, 0.3) is 0 Å². The van der Waals surface area contributed by atoms with Crippen LogP contribution in [0.15, 0.2) is 0 Å². The molecule has 1 unspecified atom stereocenters. The Kier molecular flexibility index (Phi) is 5.17. The molecule has 5 heteroatoms. The second-order valence-corrected chi connectivity index (χ2v) is 6.66. The van der Waals surface area contributed by atoms with Gasteiger partial charge in [-0.25, -0.2) is 0 Å². The molecule has 1 atom stereocenters. The fourth-order valence-corrected chi connectivity index (χ4v) is 3.92. The lowest BCUT2D eigenvalue weighted by atomic mass is 9.89. The van der Waals surface area contributed by atoms with Crippen molar-refractivity contribution in [1.29, 1.82) is 0 Å². The summed E-state index contributed by atoms with van der Waals surface area (Å²) < 4.78 is 17.6. The third-order valence-electron chi connectivity index (χ3n) is 5.32. The van der Waals surface area contributed by atoms with Gasteiger partial charge in [0.05, 0.1) is 25.9 Å². The topological polar surface area (TPSA) is 34.2 Å². The van der Waals surface area contributed by atoms with Crippen LogP contribution in [-0.4, -0.2) is 80.8 Å². The van der Waals surface area contributed by atoms with Crippen molar-refractivity contribution in [3.05, 3.63) is 0 Å². The molecular weight excluding hydrogens is 268 g/mol. The first kappa shape index (κ1) is 15.7. The third-order valence-corrected chi connectivity index (χ3v) is 5.32. The van der Waals surface area contributed by atoms with E-state index in [2.05, 4.69) is 23.8 Å². The van der Waals surface area contributed by atoms with E-state index in [9.17, 15) is 0 Å².